The van der Waals surface area contributed by atoms with Crippen LogP contribution in [0.2, 0.25) is 5.02 Å². The summed E-state index contributed by atoms with van der Waals surface area (Å²) in [5.41, 5.74) is 6.62. The van der Waals surface area contributed by atoms with Crippen LogP contribution in [0.3, 0.4) is 0 Å². The smallest absolute Gasteiger partial charge is 0.226 e. The topological polar surface area (TPSA) is 84.6 Å². The number of nitrogens with one attached hydrogen (secondary N) is 1. The van der Waals surface area contributed by atoms with E-state index in [0.717, 1.165) is 0 Å². The van der Waals surface area contributed by atoms with E-state index in [0.29, 0.717) is 16.4 Å². The van der Waals surface area contributed by atoms with Crippen molar-refractivity contribution >= 4 is 28.9 Å². The SMILES string of the molecule is Nc1ccc(Cl)cc1NC(=O)CCOCCO. The first-order valence-electron chi connectivity index (χ1n) is 5.17. The van der Waals surface area contributed by atoms with E-state index in [2.05, 4.69) is 5.32 Å². The Kier molecular flexibility index (Phi) is 5.76. The lowest BCUT2D eigenvalue weighted by molar-refractivity contribution is -0.117. The van der Waals surface area contributed by atoms with E-state index in [1.165, 1.54) is 0 Å². The standard InChI is InChI=1S/C11H15ClN2O3/c12-8-1-2-9(13)10(7-8)14-11(16)3-5-17-6-4-15/h1-2,7,15H,3-6,13H2,(H,14,16). The molecule has 0 aromatic heterocycles. The highest BCUT2D eigenvalue weighted by atomic mass is 35.5. The van der Waals surface area contributed by atoms with Gasteiger partial charge < -0.3 is 20.9 Å². The third-order valence-electron chi connectivity index (χ3n) is 2.00. The molecule has 0 bridgehead atoms. The molecule has 0 saturated heterocycles. The fraction of sp³-hybridized carbons (Fsp3) is 0.364. The van der Waals surface area contributed by atoms with Crippen LogP contribution in [0.1, 0.15) is 6.42 Å². The van der Waals surface area contributed by atoms with Gasteiger partial charge in [-0.05, 0) is 18.2 Å². The van der Waals surface area contributed by atoms with Crippen LogP contribution in [0.15, 0.2) is 18.2 Å². The molecule has 0 atom stereocenters. The van der Waals surface area contributed by atoms with Crippen molar-refractivity contribution < 1.29 is 14.6 Å². The molecule has 5 nitrogen and oxygen atoms in total. The number of anilines is 2. The number of halogens is 1. The summed E-state index contributed by atoms with van der Waals surface area (Å²) in [5, 5.41) is 11.6. The molecule has 6 heteroatoms. The molecule has 0 aliphatic heterocycles. The number of hydrogen-bond acceptors (Lipinski definition) is 4. The number of nitrogens with two attached hydrogens (primary N) is 1. The minimum absolute atomic E-state index is 0.0527. The zero-order valence-corrected chi connectivity index (χ0v) is 10.0. The molecule has 0 radical (unpaired) electrons. The zero-order valence-electron chi connectivity index (χ0n) is 9.28. The average Bonchev–Trinajstić information content (AvgIpc) is 2.29. The maximum Gasteiger partial charge on any atom is 0.226 e. The number of aliphatic hydroxyl groups excluding tert-OH is 1. The summed E-state index contributed by atoms with van der Waals surface area (Å²) < 4.78 is 4.98. The van der Waals surface area contributed by atoms with Gasteiger partial charge in [-0.15, -0.1) is 0 Å². The molecular formula is C11H15ClN2O3. The molecule has 0 fully saturated rings. The number of ether oxygens (including phenoxy) is 1. The summed E-state index contributed by atoms with van der Waals surface area (Å²) in [5.74, 6) is -0.211. The van der Waals surface area contributed by atoms with Crippen molar-refractivity contribution in [1.82, 2.24) is 0 Å². The first-order valence-corrected chi connectivity index (χ1v) is 5.54. The lowest BCUT2D eigenvalue weighted by Gasteiger charge is -2.08. The normalized spacial score (nSPS) is 10.2. The molecule has 1 aromatic rings. The molecule has 17 heavy (non-hydrogen) atoms. The van der Waals surface area contributed by atoms with Crippen LogP contribution in [-0.4, -0.2) is 30.8 Å². The van der Waals surface area contributed by atoms with Crippen molar-refractivity contribution in [2.75, 3.05) is 30.9 Å². The Morgan fingerprint density at radius 2 is 2.24 bits per heavy atom. The number of nitrogen functional groups attached to an aromatic ring is 1. The third-order valence-corrected chi connectivity index (χ3v) is 2.23. The Balaban J connectivity index is 2.42. The third kappa shape index (κ3) is 5.04. The summed E-state index contributed by atoms with van der Waals surface area (Å²) in [7, 11) is 0. The molecular weight excluding hydrogens is 244 g/mol. The number of amides is 1. The quantitative estimate of drug-likeness (QED) is 0.530. The molecule has 0 aliphatic carbocycles. The van der Waals surface area contributed by atoms with Gasteiger partial charge in [-0.1, -0.05) is 11.6 Å². The second-order valence-electron chi connectivity index (χ2n) is 3.37. The van der Waals surface area contributed by atoms with E-state index in [4.69, 9.17) is 27.2 Å². The summed E-state index contributed by atoms with van der Waals surface area (Å²) in [4.78, 5) is 11.5. The van der Waals surface area contributed by atoms with Gasteiger partial charge >= 0.3 is 0 Å². The fourth-order valence-electron chi connectivity index (χ4n) is 1.18. The first-order chi connectivity index (χ1) is 8.13. The minimum Gasteiger partial charge on any atom is -0.397 e. The predicted molar refractivity (Wildman–Crippen MR) is 67.0 cm³/mol. The van der Waals surface area contributed by atoms with Gasteiger partial charge in [-0.3, -0.25) is 4.79 Å². The predicted octanol–water partition coefficient (Wildman–Crippen LogP) is 1.26. The van der Waals surface area contributed by atoms with Crippen molar-refractivity contribution in [3.05, 3.63) is 23.2 Å². The Labute approximate surface area is 105 Å². The van der Waals surface area contributed by atoms with Gasteiger partial charge in [0.15, 0.2) is 0 Å². The van der Waals surface area contributed by atoms with Crippen LogP contribution in [0.5, 0.6) is 0 Å². The number of aliphatic hydroxyl groups is 1. The van der Waals surface area contributed by atoms with Crippen molar-refractivity contribution in [3.8, 4) is 0 Å². The Hall–Kier alpha value is -1.30. The average molecular weight is 259 g/mol. The maximum atomic E-state index is 11.5. The summed E-state index contributed by atoms with van der Waals surface area (Å²) in [6, 6.07) is 4.86. The van der Waals surface area contributed by atoms with Crippen molar-refractivity contribution in [2.45, 2.75) is 6.42 Å². The summed E-state index contributed by atoms with van der Waals surface area (Å²) in [6.45, 7) is 0.433. The molecule has 1 amide bonds. The molecule has 0 spiro atoms. The molecule has 0 unspecified atom stereocenters. The molecule has 0 saturated carbocycles. The fourth-order valence-corrected chi connectivity index (χ4v) is 1.35. The monoisotopic (exact) mass is 258 g/mol. The van der Waals surface area contributed by atoms with Crippen LogP contribution >= 0.6 is 11.6 Å². The molecule has 1 aromatic carbocycles. The van der Waals surface area contributed by atoms with E-state index in [1.807, 2.05) is 0 Å². The van der Waals surface area contributed by atoms with Gasteiger partial charge in [-0.2, -0.15) is 0 Å². The highest BCUT2D eigenvalue weighted by Gasteiger charge is 2.05. The second kappa shape index (κ2) is 7.11. The van der Waals surface area contributed by atoms with Crippen molar-refractivity contribution in [3.63, 3.8) is 0 Å². The largest absolute Gasteiger partial charge is 0.397 e. The molecule has 0 heterocycles. The first kappa shape index (κ1) is 13.8. The minimum atomic E-state index is -0.211. The Bertz CT molecular complexity index is 385. The van der Waals surface area contributed by atoms with Gasteiger partial charge in [0.25, 0.3) is 0 Å². The van der Waals surface area contributed by atoms with E-state index >= 15 is 0 Å². The van der Waals surface area contributed by atoms with Gasteiger partial charge in [0.2, 0.25) is 5.91 Å². The molecule has 94 valence electrons. The van der Waals surface area contributed by atoms with E-state index in [1.54, 1.807) is 18.2 Å². The summed E-state index contributed by atoms with van der Waals surface area (Å²) in [6.07, 6.45) is 0.200. The number of rotatable bonds is 6. The number of benzene rings is 1. The molecule has 0 aliphatic rings. The van der Waals surface area contributed by atoms with E-state index in [9.17, 15) is 4.79 Å². The van der Waals surface area contributed by atoms with Gasteiger partial charge in [-0.25, -0.2) is 0 Å². The lowest BCUT2D eigenvalue weighted by Crippen LogP contribution is -2.15. The maximum absolute atomic E-state index is 11.5. The van der Waals surface area contributed by atoms with E-state index in [-0.39, 0.29) is 32.1 Å². The van der Waals surface area contributed by atoms with Gasteiger partial charge in [0.1, 0.15) is 0 Å². The van der Waals surface area contributed by atoms with Crippen LogP contribution in [0.4, 0.5) is 11.4 Å². The summed E-state index contributed by atoms with van der Waals surface area (Å²) >= 11 is 5.79. The lowest BCUT2D eigenvalue weighted by atomic mass is 10.2. The van der Waals surface area contributed by atoms with Crippen molar-refractivity contribution in [2.24, 2.45) is 0 Å². The second-order valence-corrected chi connectivity index (χ2v) is 3.80. The highest BCUT2D eigenvalue weighted by molar-refractivity contribution is 6.31. The molecule has 1 rings (SSSR count). The molecule has 4 N–H and O–H groups in total. The highest BCUT2D eigenvalue weighted by Crippen LogP contribution is 2.22. The number of carbonyl (C=O) groups excluding carboxylic acids is 1. The number of carbonyl (C=O) groups is 1. The van der Waals surface area contributed by atoms with Crippen molar-refractivity contribution in [1.29, 1.82) is 0 Å². The van der Waals surface area contributed by atoms with Crippen LogP contribution in [0, 0.1) is 0 Å². The van der Waals surface area contributed by atoms with Gasteiger partial charge in [0, 0.05) is 5.02 Å². The van der Waals surface area contributed by atoms with Crippen LogP contribution in [0.25, 0.3) is 0 Å². The Morgan fingerprint density at radius 3 is 2.94 bits per heavy atom. The number of hydrogen-bond donors (Lipinski definition) is 3. The van der Waals surface area contributed by atoms with Gasteiger partial charge in [0.05, 0.1) is 37.6 Å². The van der Waals surface area contributed by atoms with Crippen LogP contribution < -0.4 is 11.1 Å². The van der Waals surface area contributed by atoms with Crippen LogP contribution in [-0.2, 0) is 9.53 Å². The Morgan fingerprint density at radius 1 is 1.47 bits per heavy atom. The zero-order chi connectivity index (χ0) is 12.7. The van der Waals surface area contributed by atoms with E-state index < -0.39 is 0 Å².